The van der Waals surface area contributed by atoms with Crippen LogP contribution in [0, 0.1) is 5.92 Å². The Kier molecular flexibility index (Phi) is 11.9. The monoisotopic (exact) mass is 521 g/mol. The van der Waals surface area contributed by atoms with Crippen LogP contribution in [0.3, 0.4) is 0 Å². The molecule has 3 rings (SSSR count). The second-order valence-corrected chi connectivity index (χ2v) is 10.6. The van der Waals surface area contributed by atoms with Gasteiger partial charge in [-0.1, -0.05) is 49.8 Å². The van der Waals surface area contributed by atoms with Crippen LogP contribution >= 0.6 is 11.6 Å². The molecule has 2 aliphatic rings. The molecule has 202 valence electrons. The quantitative estimate of drug-likeness (QED) is 0.370. The fourth-order valence-electron chi connectivity index (χ4n) is 5.61. The van der Waals surface area contributed by atoms with E-state index >= 15 is 0 Å². The van der Waals surface area contributed by atoms with Gasteiger partial charge in [-0.15, -0.1) is 0 Å². The van der Waals surface area contributed by atoms with Gasteiger partial charge < -0.3 is 30.5 Å². The van der Waals surface area contributed by atoms with Gasteiger partial charge in [0.25, 0.3) is 0 Å². The maximum atomic E-state index is 13.3. The average molecular weight is 522 g/mol. The molecule has 3 N–H and O–H groups in total. The van der Waals surface area contributed by atoms with Crippen LogP contribution in [0.15, 0.2) is 24.3 Å². The molecule has 0 spiro atoms. The number of urea groups is 1. The molecule has 1 saturated heterocycles. The summed E-state index contributed by atoms with van der Waals surface area (Å²) in [5, 5.41) is 10.0. The molecule has 2 fully saturated rings. The molecule has 3 amide bonds. The Morgan fingerprint density at radius 2 is 2.00 bits per heavy atom. The Bertz CT molecular complexity index is 820. The molecule has 1 heterocycles. The number of hydrogen-bond acceptors (Lipinski definition) is 5. The number of carbonyl (C=O) groups excluding carboxylic acids is 2. The molecule has 0 aromatic heterocycles. The summed E-state index contributed by atoms with van der Waals surface area (Å²) >= 11 is 6.31. The number of carbonyl (C=O) groups is 2. The number of methoxy groups -OCH3 is 1. The number of amides is 3. The van der Waals surface area contributed by atoms with E-state index in [1.807, 2.05) is 30.1 Å². The summed E-state index contributed by atoms with van der Waals surface area (Å²) < 4.78 is 4.67. The van der Waals surface area contributed by atoms with Gasteiger partial charge in [-0.05, 0) is 56.8 Å². The van der Waals surface area contributed by atoms with Crippen molar-refractivity contribution in [3.8, 4) is 0 Å². The summed E-state index contributed by atoms with van der Waals surface area (Å²) in [6.07, 6.45) is 9.87. The molecule has 1 aromatic rings. The third kappa shape index (κ3) is 9.04. The van der Waals surface area contributed by atoms with Crippen LogP contribution in [-0.4, -0.2) is 76.0 Å². The molecule has 1 saturated carbocycles. The third-order valence-electron chi connectivity index (χ3n) is 7.42. The Morgan fingerprint density at radius 3 is 2.72 bits per heavy atom. The van der Waals surface area contributed by atoms with E-state index in [1.165, 1.54) is 39.2 Å². The van der Waals surface area contributed by atoms with E-state index in [1.54, 1.807) is 0 Å². The Labute approximate surface area is 221 Å². The highest BCUT2D eigenvalue weighted by Gasteiger charge is 2.30. The lowest BCUT2D eigenvalue weighted by Gasteiger charge is -2.41. The van der Waals surface area contributed by atoms with Crippen LogP contribution < -0.4 is 20.9 Å². The zero-order valence-electron chi connectivity index (χ0n) is 21.9. The van der Waals surface area contributed by atoms with Gasteiger partial charge in [0.1, 0.15) is 0 Å². The van der Waals surface area contributed by atoms with Gasteiger partial charge in [0.05, 0.1) is 7.11 Å². The second-order valence-electron chi connectivity index (χ2n) is 10.1. The average Bonchev–Trinajstić information content (AvgIpc) is 2.89. The number of likely N-dealkylation sites (N-methyl/N-ethyl adjacent to an activating group) is 1. The van der Waals surface area contributed by atoms with Crippen molar-refractivity contribution in [3.05, 3.63) is 29.3 Å². The molecular formula is C27H44ClN5O3. The van der Waals surface area contributed by atoms with Crippen molar-refractivity contribution in [2.45, 2.75) is 69.9 Å². The predicted octanol–water partition coefficient (Wildman–Crippen LogP) is 4.62. The first-order valence-corrected chi connectivity index (χ1v) is 13.9. The van der Waals surface area contributed by atoms with Crippen molar-refractivity contribution in [2.75, 3.05) is 51.8 Å². The third-order valence-corrected chi connectivity index (χ3v) is 7.65. The van der Waals surface area contributed by atoms with Crippen LogP contribution in [0.5, 0.6) is 0 Å². The molecular weight excluding hydrogens is 478 g/mol. The van der Waals surface area contributed by atoms with Crippen molar-refractivity contribution >= 4 is 29.4 Å². The molecule has 1 aromatic carbocycles. The lowest BCUT2D eigenvalue weighted by molar-refractivity contribution is 0.169. The fraction of sp³-hybridized carbons (Fsp3) is 0.704. The molecule has 1 aliphatic heterocycles. The first kappa shape index (κ1) is 28.4. The van der Waals surface area contributed by atoms with Crippen LogP contribution in [0.2, 0.25) is 5.02 Å². The van der Waals surface area contributed by atoms with Gasteiger partial charge >= 0.3 is 12.1 Å². The van der Waals surface area contributed by atoms with Crippen molar-refractivity contribution < 1.29 is 14.3 Å². The number of halogens is 1. The van der Waals surface area contributed by atoms with E-state index in [9.17, 15) is 9.59 Å². The van der Waals surface area contributed by atoms with Crippen LogP contribution in [0.4, 0.5) is 15.3 Å². The summed E-state index contributed by atoms with van der Waals surface area (Å²) in [7, 11) is 3.32. The Morgan fingerprint density at radius 1 is 1.19 bits per heavy atom. The maximum Gasteiger partial charge on any atom is 0.406 e. The van der Waals surface area contributed by atoms with Gasteiger partial charge in [0.15, 0.2) is 0 Å². The van der Waals surface area contributed by atoms with E-state index in [-0.39, 0.29) is 18.1 Å². The van der Waals surface area contributed by atoms with Crippen molar-refractivity contribution in [1.29, 1.82) is 0 Å². The smallest absolute Gasteiger partial charge is 0.406 e. The van der Waals surface area contributed by atoms with Gasteiger partial charge in [0, 0.05) is 55.5 Å². The normalized spacial score (nSPS) is 19.4. The minimum Gasteiger partial charge on any atom is -0.453 e. The van der Waals surface area contributed by atoms with Crippen molar-refractivity contribution in [3.63, 3.8) is 0 Å². The Balaban J connectivity index is 1.62. The highest BCUT2D eigenvalue weighted by molar-refractivity contribution is 6.30. The number of rotatable bonds is 11. The first-order valence-electron chi connectivity index (χ1n) is 13.5. The van der Waals surface area contributed by atoms with E-state index < -0.39 is 6.09 Å². The molecule has 1 aliphatic carbocycles. The SMILES string of the molecule is CNC[C@H](CC1CCCCC1)NC(=O)N1CCC[C@@H](N(CCCNC(=O)OC)c2cccc(Cl)c2)C1. The number of benzene rings is 1. The van der Waals surface area contributed by atoms with E-state index in [4.69, 9.17) is 11.6 Å². The summed E-state index contributed by atoms with van der Waals surface area (Å²) in [5.41, 5.74) is 1.04. The van der Waals surface area contributed by atoms with Gasteiger partial charge in [-0.3, -0.25) is 0 Å². The molecule has 0 radical (unpaired) electrons. The molecule has 36 heavy (non-hydrogen) atoms. The summed E-state index contributed by atoms with van der Waals surface area (Å²) in [6.45, 7) is 3.49. The van der Waals surface area contributed by atoms with Gasteiger partial charge in [-0.2, -0.15) is 0 Å². The minimum atomic E-state index is -0.422. The molecule has 0 unspecified atom stereocenters. The predicted molar refractivity (Wildman–Crippen MR) is 146 cm³/mol. The molecule has 8 nitrogen and oxygen atoms in total. The van der Waals surface area contributed by atoms with Gasteiger partial charge in [0.2, 0.25) is 0 Å². The zero-order chi connectivity index (χ0) is 25.8. The number of alkyl carbamates (subject to hydrolysis) is 1. The first-order chi connectivity index (χ1) is 17.5. The Hall–Kier alpha value is -2.19. The van der Waals surface area contributed by atoms with E-state index in [0.717, 1.165) is 51.0 Å². The van der Waals surface area contributed by atoms with E-state index in [2.05, 4.69) is 31.7 Å². The fourth-order valence-corrected chi connectivity index (χ4v) is 5.80. The van der Waals surface area contributed by atoms with Crippen LogP contribution in [-0.2, 0) is 4.74 Å². The number of nitrogens with zero attached hydrogens (tertiary/aromatic N) is 2. The lowest BCUT2D eigenvalue weighted by atomic mass is 9.85. The standard InChI is InChI=1S/C27H44ClN5O3/c1-29-19-23(17-21-9-4-3-5-10-21)31-26(34)32-15-7-13-25(20-32)33(16-8-14-30-27(35)36-2)24-12-6-11-22(28)18-24/h6,11-12,18,21,23,25,29H,3-5,7-10,13-17,19-20H2,1-2H3,(H,30,35)(H,31,34)/t23-,25+/m0/s1. The summed E-state index contributed by atoms with van der Waals surface area (Å²) in [6, 6.07) is 8.23. The highest BCUT2D eigenvalue weighted by Crippen LogP contribution is 2.28. The highest BCUT2D eigenvalue weighted by atomic mass is 35.5. The van der Waals surface area contributed by atoms with Crippen molar-refractivity contribution in [2.24, 2.45) is 5.92 Å². The topological polar surface area (TPSA) is 85.9 Å². The summed E-state index contributed by atoms with van der Waals surface area (Å²) in [4.78, 5) is 29.1. The second kappa shape index (κ2) is 15.2. The van der Waals surface area contributed by atoms with E-state index in [0.29, 0.717) is 24.0 Å². The summed E-state index contributed by atoms with van der Waals surface area (Å²) in [5.74, 6) is 0.712. The zero-order valence-corrected chi connectivity index (χ0v) is 22.7. The number of nitrogens with one attached hydrogen (secondary N) is 3. The van der Waals surface area contributed by atoms with Crippen LogP contribution in [0.1, 0.15) is 57.8 Å². The van der Waals surface area contributed by atoms with Crippen LogP contribution in [0.25, 0.3) is 0 Å². The number of ether oxygens (including phenoxy) is 1. The number of likely N-dealkylation sites (tertiary alicyclic amines) is 1. The minimum absolute atomic E-state index is 0.0363. The molecule has 0 bridgehead atoms. The van der Waals surface area contributed by atoms with Gasteiger partial charge in [-0.25, -0.2) is 9.59 Å². The number of hydrogen-bond donors (Lipinski definition) is 3. The molecule has 9 heteroatoms. The number of piperidine rings is 1. The lowest BCUT2D eigenvalue weighted by Crippen LogP contribution is -2.55. The largest absolute Gasteiger partial charge is 0.453 e. The van der Waals surface area contributed by atoms with Crippen molar-refractivity contribution in [1.82, 2.24) is 20.9 Å². The maximum absolute atomic E-state index is 13.3. The number of anilines is 1. The molecule has 2 atom stereocenters.